The van der Waals surface area contributed by atoms with Gasteiger partial charge in [0, 0.05) is 12.1 Å². The number of hydrogen-bond acceptors (Lipinski definition) is 3. The van der Waals surface area contributed by atoms with Crippen molar-refractivity contribution >= 4 is 6.09 Å². The maximum absolute atomic E-state index is 11.7. The molecule has 0 aromatic carbocycles. The standard InChI is InChI=1S/C11H20N2O2/c1-12-7-5-10(6-8-12)13(9-3-4-9)11(14)15-2/h9-10H,3-8H2,1-2H3. The zero-order valence-electron chi connectivity index (χ0n) is 9.61. The fourth-order valence-corrected chi connectivity index (χ4v) is 2.33. The average molecular weight is 212 g/mol. The van der Waals surface area contributed by atoms with E-state index in [0.29, 0.717) is 12.1 Å². The SMILES string of the molecule is COC(=O)N(C1CC1)C1CCN(C)CC1. The van der Waals surface area contributed by atoms with E-state index in [0.717, 1.165) is 38.8 Å². The Hall–Kier alpha value is -0.770. The minimum absolute atomic E-state index is 0.132. The van der Waals surface area contributed by atoms with Gasteiger partial charge >= 0.3 is 6.09 Å². The van der Waals surface area contributed by atoms with Gasteiger partial charge in [-0.25, -0.2) is 4.79 Å². The Labute approximate surface area is 91.2 Å². The van der Waals surface area contributed by atoms with Gasteiger partial charge in [0.1, 0.15) is 0 Å². The van der Waals surface area contributed by atoms with Crippen molar-refractivity contribution in [2.75, 3.05) is 27.2 Å². The highest BCUT2D eigenvalue weighted by atomic mass is 16.5. The third-order valence-electron chi connectivity index (χ3n) is 3.41. The highest BCUT2D eigenvalue weighted by molar-refractivity contribution is 5.68. The number of nitrogens with zero attached hydrogens (tertiary/aromatic N) is 2. The Morgan fingerprint density at radius 1 is 1.20 bits per heavy atom. The molecule has 2 rings (SSSR count). The molecule has 2 fully saturated rings. The van der Waals surface area contributed by atoms with E-state index in [1.807, 2.05) is 4.90 Å². The molecule has 1 heterocycles. The summed E-state index contributed by atoms with van der Waals surface area (Å²) in [6.45, 7) is 2.18. The van der Waals surface area contributed by atoms with Crippen LogP contribution in [0.2, 0.25) is 0 Å². The minimum Gasteiger partial charge on any atom is -0.453 e. The second-order valence-electron chi connectivity index (χ2n) is 4.64. The Kier molecular flexibility index (Phi) is 3.14. The van der Waals surface area contributed by atoms with Crippen molar-refractivity contribution in [3.63, 3.8) is 0 Å². The molecule has 2 aliphatic rings. The van der Waals surface area contributed by atoms with Crippen molar-refractivity contribution in [2.24, 2.45) is 0 Å². The molecule has 0 aromatic heterocycles. The van der Waals surface area contributed by atoms with Gasteiger partial charge in [-0.15, -0.1) is 0 Å². The summed E-state index contributed by atoms with van der Waals surface area (Å²) in [7, 11) is 3.61. The van der Waals surface area contributed by atoms with Gasteiger partial charge in [-0.2, -0.15) is 0 Å². The second kappa shape index (κ2) is 4.39. The molecule has 4 nitrogen and oxygen atoms in total. The van der Waals surface area contributed by atoms with Crippen molar-refractivity contribution in [2.45, 2.75) is 37.8 Å². The van der Waals surface area contributed by atoms with E-state index in [2.05, 4.69) is 11.9 Å². The van der Waals surface area contributed by atoms with Crippen LogP contribution in [0.15, 0.2) is 0 Å². The van der Waals surface area contributed by atoms with Crippen molar-refractivity contribution in [3.8, 4) is 0 Å². The Bertz CT molecular complexity index is 233. The van der Waals surface area contributed by atoms with E-state index in [1.165, 1.54) is 7.11 Å². The molecule has 4 heteroatoms. The Morgan fingerprint density at radius 3 is 2.20 bits per heavy atom. The summed E-state index contributed by atoms with van der Waals surface area (Å²) in [5, 5.41) is 0. The zero-order chi connectivity index (χ0) is 10.8. The van der Waals surface area contributed by atoms with Crippen molar-refractivity contribution in [1.82, 2.24) is 9.80 Å². The predicted molar refractivity (Wildman–Crippen MR) is 57.8 cm³/mol. The van der Waals surface area contributed by atoms with Crippen LogP contribution in [-0.4, -0.2) is 55.2 Å². The van der Waals surface area contributed by atoms with Crippen molar-refractivity contribution in [3.05, 3.63) is 0 Å². The number of hydrogen-bond donors (Lipinski definition) is 0. The van der Waals surface area contributed by atoms with Gasteiger partial charge in [-0.05, 0) is 45.8 Å². The van der Waals surface area contributed by atoms with Gasteiger partial charge in [0.15, 0.2) is 0 Å². The molecule has 1 aliphatic heterocycles. The van der Waals surface area contributed by atoms with Crippen LogP contribution in [0.3, 0.4) is 0 Å². The molecule has 0 spiro atoms. The summed E-state index contributed by atoms with van der Waals surface area (Å²) in [4.78, 5) is 16.0. The van der Waals surface area contributed by atoms with E-state index in [4.69, 9.17) is 4.74 Å². The first-order valence-corrected chi connectivity index (χ1v) is 5.77. The summed E-state index contributed by atoms with van der Waals surface area (Å²) >= 11 is 0. The van der Waals surface area contributed by atoms with Crippen molar-refractivity contribution < 1.29 is 9.53 Å². The van der Waals surface area contributed by atoms with E-state index < -0.39 is 0 Å². The third-order valence-corrected chi connectivity index (χ3v) is 3.41. The van der Waals surface area contributed by atoms with Gasteiger partial charge in [-0.3, -0.25) is 0 Å². The summed E-state index contributed by atoms with van der Waals surface area (Å²) in [5.41, 5.74) is 0. The number of carbonyl (C=O) groups is 1. The highest BCUT2D eigenvalue weighted by Gasteiger charge is 2.38. The molecule has 0 bridgehead atoms. The molecule has 15 heavy (non-hydrogen) atoms. The molecule has 0 atom stereocenters. The van der Waals surface area contributed by atoms with Crippen LogP contribution < -0.4 is 0 Å². The minimum atomic E-state index is -0.132. The molecule has 0 unspecified atom stereocenters. The van der Waals surface area contributed by atoms with Crippen LogP contribution in [-0.2, 0) is 4.74 Å². The monoisotopic (exact) mass is 212 g/mol. The molecule has 86 valence electrons. The number of piperidine rings is 1. The van der Waals surface area contributed by atoms with Crippen LogP contribution in [0.5, 0.6) is 0 Å². The fourth-order valence-electron chi connectivity index (χ4n) is 2.33. The van der Waals surface area contributed by atoms with E-state index in [9.17, 15) is 4.79 Å². The quantitative estimate of drug-likeness (QED) is 0.692. The van der Waals surface area contributed by atoms with Crippen LogP contribution in [0.25, 0.3) is 0 Å². The predicted octanol–water partition coefficient (Wildman–Crippen LogP) is 1.31. The highest BCUT2D eigenvalue weighted by Crippen LogP contribution is 2.32. The lowest BCUT2D eigenvalue weighted by atomic mass is 10.0. The van der Waals surface area contributed by atoms with Gasteiger partial charge in [0.25, 0.3) is 0 Å². The average Bonchev–Trinajstić information content (AvgIpc) is 3.05. The molecular weight excluding hydrogens is 192 g/mol. The van der Waals surface area contributed by atoms with Gasteiger partial charge in [-0.1, -0.05) is 0 Å². The van der Waals surface area contributed by atoms with E-state index in [1.54, 1.807) is 0 Å². The van der Waals surface area contributed by atoms with Crippen LogP contribution in [0, 0.1) is 0 Å². The van der Waals surface area contributed by atoms with Gasteiger partial charge in [0.2, 0.25) is 0 Å². The summed E-state index contributed by atoms with van der Waals surface area (Å²) in [5.74, 6) is 0. The summed E-state index contributed by atoms with van der Waals surface area (Å²) in [6.07, 6.45) is 4.35. The van der Waals surface area contributed by atoms with E-state index in [-0.39, 0.29) is 6.09 Å². The number of methoxy groups -OCH3 is 1. The maximum Gasteiger partial charge on any atom is 0.409 e. The lowest BCUT2D eigenvalue weighted by Gasteiger charge is -2.36. The molecule has 1 saturated carbocycles. The Morgan fingerprint density at radius 2 is 1.73 bits per heavy atom. The molecule has 1 amide bonds. The van der Waals surface area contributed by atoms with Gasteiger partial charge in [0.05, 0.1) is 7.11 Å². The van der Waals surface area contributed by atoms with Crippen molar-refractivity contribution in [1.29, 1.82) is 0 Å². The summed E-state index contributed by atoms with van der Waals surface area (Å²) in [6, 6.07) is 0.868. The maximum atomic E-state index is 11.7. The van der Waals surface area contributed by atoms with Crippen LogP contribution >= 0.6 is 0 Å². The molecule has 1 saturated heterocycles. The smallest absolute Gasteiger partial charge is 0.409 e. The largest absolute Gasteiger partial charge is 0.453 e. The first kappa shape index (κ1) is 10.7. The summed E-state index contributed by atoms with van der Waals surface area (Å²) < 4.78 is 4.87. The number of amides is 1. The molecule has 1 aliphatic carbocycles. The third kappa shape index (κ3) is 2.43. The first-order valence-electron chi connectivity index (χ1n) is 5.77. The number of carbonyl (C=O) groups excluding carboxylic acids is 1. The lowest BCUT2D eigenvalue weighted by Crippen LogP contribution is -2.47. The number of rotatable bonds is 2. The number of ether oxygens (including phenoxy) is 1. The topological polar surface area (TPSA) is 32.8 Å². The molecular formula is C11H20N2O2. The van der Waals surface area contributed by atoms with Crippen LogP contribution in [0.4, 0.5) is 4.79 Å². The fraction of sp³-hybridized carbons (Fsp3) is 0.909. The van der Waals surface area contributed by atoms with Gasteiger partial charge < -0.3 is 14.5 Å². The molecule has 0 radical (unpaired) electrons. The zero-order valence-corrected chi connectivity index (χ0v) is 9.61. The second-order valence-corrected chi connectivity index (χ2v) is 4.64. The molecule has 0 N–H and O–H groups in total. The van der Waals surface area contributed by atoms with Crippen LogP contribution in [0.1, 0.15) is 25.7 Å². The first-order chi connectivity index (χ1) is 7.22. The number of likely N-dealkylation sites (tertiary alicyclic amines) is 1. The normalized spacial score (nSPS) is 23.9. The lowest BCUT2D eigenvalue weighted by molar-refractivity contribution is 0.0787. The van der Waals surface area contributed by atoms with E-state index >= 15 is 0 Å². The Balaban J connectivity index is 1.95. The molecule has 0 aromatic rings.